The molecule has 1 atom stereocenters. The number of nitrogens with one attached hydrogen (secondary N) is 1. The van der Waals surface area contributed by atoms with Gasteiger partial charge in [-0.15, -0.1) is 0 Å². The molecule has 0 radical (unpaired) electrons. The summed E-state index contributed by atoms with van der Waals surface area (Å²) in [6.07, 6.45) is 0.914. The molecule has 20 heavy (non-hydrogen) atoms. The first-order valence-electron chi connectivity index (χ1n) is 6.73. The molecule has 0 saturated carbocycles. The lowest BCUT2D eigenvalue weighted by molar-refractivity contribution is 0.174. The van der Waals surface area contributed by atoms with Crippen LogP contribution in [0.4, 0.5) is 4.39 Å². The Hall–Kier alpha value is -2.07. The molecule has 0 amide bonds. The van der Waals surface area contributed by atoms with Gasteiger partial charge in [0.2, 0.25) is 6.79 Å². The zero-order valence-corrected chi connectivity index (χ0v) is 10.9. The predicted molar refractivity (Wildman–Crippen MR) is 72.5 cm³/mol. The van der Waals surface area contributed by atoms with Crippen LogP contribution in [0.2, 0.25) is 0 Å². The fourth-order valence-electron chi connectivity index (χ4n) is 2.93. The van der Waals surface area contributed by atoms with Crippen molar-refractivity contribution in [3.63, 3.8) is 0 Å². The Kier molecular flexibility index (Phi) is 2.63. The minimum Gasteiger partial charge on any atom is -0.454 e. The molecule has 3 nitrogen and oxygen atoms in total. The summed E-state index contributed by atoms with van der Waals surface area (Å²) in [6.45, 7) is 1.08. The van der Waals surface area contributed by atoms with Gasteiger partial charge in [0.1, 0.15) is 5.82 Å². The molecule has 0 aliphatic carbocycles. The van der Waals surface area contributed by atoms with E-state index in [-0.39, 0.29) is 18.7 Å². The van der Waals surface area contributed by atoms with E-state index in [9.17, 15) is 4.39 Å². The Bertz CT molecular complexity index is 672. The Morgan fingerprint density at radius 3 is 2.70 bits per heavy atom. The highest BCUT2D eigenvalue weighted by atomic mass is 19.1. The Balaban J connectivity index is 1.84. The topological polar surface area (TPSA) is 30.5 Å². The van der Waals surface area contributed by atoms with Crippen LogP contribution in [0.25, 0.3) is 0 Å². The first-order chi connectivity index (χ1) is 9.83. The summed E-state index contributed by atoms with van der Waals surface area (Å²) in [5.74, 6) is 1.35. The first-order valence-corrected chi connectivity index (χ1v) is 6.73. The molecule has 102 valence electrons. The number of rotatable bonds is 1. The fraction of sp³-hybridized carbons (Fsp3) is 0.250. The van der Waals surface area contributed by atoms with Gasteiger partial charge < -0.3 is 14.8 Å². The number of fused-ring (bicyclic) bond motifs is 2. The van der Waals surface area contributed by atoms with Crippen LogP contribution in [0.15, 0.2) is 36.4 Å². The lowest BCUT2D eigenvalue weighted by Gasteiger charge is -2.28. The minimum atomic E-state index is -0.185. The minimum absolute atomic E-state index is 0.130. The molecule has 2 aliphatic rings. The Labute approximate surface area is 116 Å². The zero-order valence-electron chi connectivity index (χ0n) is 10.9. The van der Waals surface area contributed by atoms with Crippen LogP contribution < -0.4 is 14.8 Å². The van der Waals surface area contributed by atoms with Gasteiger partial charge in [0, 0.05) is 12.1 Å². The van der Waals surface area contributed by atoms with Gasteiger partial charge in [-0.3, -0.25) is 0 Å². The lowest BCUT2D eigenvalue weighted by Crippen LogP contribution is -2.31. The van der Waals surface area contributed by atoms with E-state index in [2.05, 4.69) is 5.32 Å². The zero-order chi connectivity index (χ0) is 13.5. The fourth-order valence-corrected chi connectivity index (χ4v) is 2.93. The van der Waals surface area contributed by atoms with Crippen LogP contribution in [0.3, 0.4) is 0 Å². The van der Waals surface area contributed by atoms with E-state index >= 15 is 0 Å². The van der Waals surface area contributed by atoms with Gasteiger partial charge in [-0.2, -0.15) is 0 Å². The van der Waals surface area contributed by atoms with Crippen molar-refractivity contribution in [3.05, 3.63) is 58.9 Å². The maximum absolute atomic E-state index is 14.0. The lowest BCUT2D eigenvalue weighted by atomic mass is 9.89. The molecule has 2 heterocycles. The van der Waals surface area contributed by atoms with Crippen molar-refractivity contribution >= 4 is 0 Å². The number of ether oxygens (including phenoxy) is 2. The summed E-state index contributed by atoms with van der Waals surface area (Å²) >= 11 is 0. The summed E-state index contributed by atoms with van der Waals surface area (Å²) in [5.41, 5.74) is 2.94. The Morgan fingerprint density at radius 1 is 1.05 bits per heavy atom. The van der Waals surface area contributed by atoms with Gasteiger partial charge in [0.15, 0.2) is 11.5 Å². The van der Waals surface area contributed by atoms with Gasteiger partial charge in [0.05, 0.1) is 6.04 Å². The average Bonchev–Trinajstić information content (AvgIpc) is 2.92. The molecule has 0 aromatic heterocycles. The second kappa shape index (κ2) is 4.49. The summed E-state index contributed by atoms with van der Waals surface area (Å²) < 4.78 is 24.9. The molecule has 2 aliphatic heterocycles. The maximum atomic E-state index is 14.0. The third kappa shape index (κ3) is 1.76. The van der Waals surface area contributed by atoms with Crippen molar-refractivity contribution in [2.75, 3.05) is 13.3 Å². The first kappa shape index (κ1) is 11.7. The van der Waals surface area contributed by atoms with E-state index in [1.54, 1.807) is 6.07 Å². The molecule has 2 aromatic carbocycles. The average molecular weight is 271 g/mol. The monoisotopic (exact) mass is 271 g/mol. The summed E-state index contributed by atoms with van der Waals surface area (Å²) in [4.78, 5) is 0. The molecule has 2 aromatic rings. The van der Waals surface area contributed by atoms with Gasteiger partial charge in [0.25, 0.3) is 0 Å². The molecule has 0 fully saturated rings. The molecule has 4 heteroatoms. The van der Waals surface area contributed by atoms with Crippen molar-refractivity contribution in [1.29, 1.82) is 0 Å². The third-order valence-electron chi connectivity index (χ3n) is 3.90. The molecular weight excluding hydrogens is 257 g/mol. The summed E-state index contributed by atoms with van der Waals surface area (Å²) in [6, 6.07) is 10.8. The van der Waals surface area contributed by atoms with Crippen molar-refractivity contribution in [3.8, 4) is 11.5 Å². The quantitative estimate of drug-likeness (QED) is 0.865. The van der Waals surface area contributed by atoms with Gasteiger partial charge in [-0.05, 0) is 35.7 Å². The van der Waals surface area contributed by atoms with E-state index in [0.29, 0.717) is 5.56 Å². The number of hydrogen-bond acceptors (Lipinski definition) is 3. The van der Waals surface area contributed by atoms with E-state index in [0.717, 1.165) is 30.0 Å². The number of hydrogen-bond donors (Lipinski definition) is 1. The van der Waals surface area contributed by atoms with Crippen LogP contribution in [-0.4, -0.2) is 13.3 Å². The van der Waals surface area contributed by atoms with E-state index < -0.39 is 0 Å². The van der Waals surface area contributed by atoms with Crippen LogP contribution >= 0.6 is 0 Å². The maximum Gasteiger partial charge on any atom is 0.231 e. The van der Waals surface area contributed by atoms with Crippen molar-refractivity contribution in [1.82, 2.24) is 5.32 Å². The normalized spacial score (nSPS) is 19.8. The van der Waals surface area contributed by atoms with Crippen LogP contribution in [0.1, 0.15) is 22.7 Å². The largest absolute Gasteiger partial charge is 0.454 e. The highest BCUT2D eigenvalue weighted by Gasteiger charge is 2.27. The predicted octanol–water partition coefficient (Wildman–Crippen LogP) is 2.79. The molecule has 0 saturated heterocycles. The number of halogens is 1. The second-order valence-corrected chi connectivity index (χ2v) is 5.06. The molecule has 1 N–H and O–H groups in total. The van der Waals surface area contributed by atoms with Crippen molar-refractivity contribution in [2.24, 2.45) is 0 Å². The third-order valence-corrected chi connectivity index (χ3v) is 3.90. The SMILES string of the molecule is Fc1ccccc1C1NCCc2cc3c(cc21)OCO3. The van der Waals surface area contributed by atoms with Crippen molar-refractivity contribution < 1.29 is 13.9 Å². The van der Waals surface area contributed by atoms with E-state index in [1.807, 2.05) is 24.3 Å². The van der Waals surface area contributed by atoms with E-state index in [1.165, 1.54) is 11.6 Å². The molecule has 0 bridgehead atoms. The summed E-state index contributed by atoms with van der Waals surface area (Å²) in [5, 5.41) is 3.39. The molecule has 0 spiro atoms. The molecule has 4 rings (SSSR count). The van der Waals surface area contributed by atoms with Crippen LogP contribution in [0, 0.1) is 5.82 Å². The highest BCUT2D eigenvalue weighted by molar-refractivity contribution is 5.52. The second-order valence-electron chi connectivity index (χ2n) is 5.06. The smallest absolute Gasteiger partial charge is 0.231 e. The molecular formula is C16H14FNO2. The van der Waals surface area contributed by atoms with Crippen LogP contribution in [-0.2, 0) is 6.42 Å². The Morgan fingerprint density at radius 2 is 1.85 bits per heavy atom. The molecule has 1 unspecified atom stereocenters. The van der Waals surface area contributed by atoms with Crippen LogP contribution in [0.5, 0.6) is 11.5 Å². The van der Waals surface area contributed by atoms with Gasteiger partial charge >= 0.3 is 0 Å². The standard InChI is InChI=1S/C16H14FNO2/c17-13-4-2-1-3-11(13)16-12-8-15-14(19-9-20-15)7-10(12)5-6-18-16/h1-4,7-8,16,18H,5-6,9H2. The number of benzene rings is 2. The van der Waals surface area contributed by atoms with E-state index in [4.69, 9.17) is 9.47 Å². The van der Waals surface area contributed by atoms with Gasteiger partial charge in [-0.25, -0.2) is 4.39 Å². The van der Waals surface area contributed by atoms with Gasteiger partial charge in [-0.1, -0.05) is 18.2 Å². The summed E-state index contributed by atoms with van der Waals surface area (Å²) in [7, 11) is 0. The highest BCUT2D eigenvalue weighted by Crippen LogP contribution is 2.40. The van der Waals surface area contributed by atoms with Crippen molar-refractivity contribution in [2.45, 2.75) is 12.5 Å².